The number of rotatable bonds is 6. The Morgan fingerprint density at radius 2 is 1.82 bits per heavy atom. The lowest BCUT2D eigenvalue weighted by Crippen LogP contribution is -2.25. The maximum atomic E-state index is 12.7. The summed E-state index contributed by atoms with van der Waals surface area (Å²) >= 11 is -2.28. The number of carbonyl (C=O) groups is 1. The van der Waals surface area contributed by atoms with Crippen molar-refractivity contribution in [2.45, 2.75) is 20.4 Å². The summed E-state index contributed by atoms with van der Waals surface area (Å²) in [5, 5.41) is 2.86. The van der Waals surface area contributed by atoms with Gasteiger partial charge in [0.05, 0.1) is 11.4 Å². The molecule has 144 valence electrons. The normalized spacial score (nSPS) is 11.7. The first kappa shape index (κ1) is 19.7. The van der Waals surface area contributed by atoms with Crippen LogP contribution in [0, 0.1) is 13.8 Å². The monoisotopic (exact) mass is 395 g/mol. The molecule has 7 heteroatoms. The number of anilines is 2. The summed E-state index contributed by atoms with van der Waals surface area (Å²) in [6, 6.07) is 16.1. The van der Waals surface area contributed by atoms with Crippen molar-refractivity contribution in [1.29, 1.82) is 0 Å². The molecular weight excluding hydrogens is 374 g/mol. The largest absolute Gasteiger partial charge is 0.348 e. The molecule has 0 fully saturated rings. The number of aryl methyl sites for hydroxylation is 2. The van der Waals surface area contributed by atoms with Crippen LogP contribution in [-0.2, 0) is 17.8 Å². The lowest BCUT2D eigenvalue weighted by molar-refractivity contribution is 0.0950. The number of nitrogens with one attached hydrogen (secondary N) is 1. The van der Waals surface area contributed by atoms with E-state index in [1.807, 2.05) is 38.1 Å². The third-order valence-electron chi connectivity index (χ3n) is 4.30. The summed E-state index contributed by atoms with van der Waals surface area (Å²) in [6.45, 7) is 4.12. The molecule has 0 spiro atoms. The fourth-order valence-electron chi connectivity index (χ4n) is 2.77. The van der Waals surface area contributed by atoms with Crippen LogP contribution in [0.4, 0.5) is 11.4 Å². The molecule has 1 unspecified atom stereocenters. The smallest absolute Gasteiger partial charge is 0.266 e. The van der Waals surface area contributed by atoms with E-state index in [1.54, 1.807) is 42.7 Å². The predicted octanol–water partition coefficient (Wildman–Crippen LogP) is 3.90. The second kappa shape index (κ2) is 8.77. The number of nitrogens with zero attached hydrogens (tertiary/aromatic N) is 2. The van der Waals surface area contributed by atoms with Crippen LogP contribution < -0.4 is 9.62 Å². The van der Waals surface area contributed by atoms with Crippen LogP contribution in [0.25, 0.3) is 0 Å². The van der Waals surface area contributed by atoms with Crippen molar-refractivity contribution in [3.63, 3.8) is 0 Å². The van der Waals surface area contributed by atoms with Crippen molar-refractivity contribution in [3.8, 4) is 0 Å². The van der Waals surface area contributed by atoms with Crippen molar-refractivity contribution < 1.29 is 13.6 Å². The molecule has 0 radical (unpaired) electrons. The van der Waals surface area contributed by atoms with Gasteiger partial charge in [-0.25, -0.2) is 8.51 Å². The summed E-state index contributed by atoms with van der Waals surface area (Å²) in [5.41, 5.74) is 4.19. The van der Waals surface area contributed by atoms with Crippen LogP contribution in [0.2, 0.25) is 0 Å². The minimum atomic E-state index is -2.28. The molecule has 0 saturated heterocycles. The van der Waals surface area contributed by atoms with E-state index in [2.05, 4.69) is 10.3 Å². The van der Waals surface area contributed by atoms with E-state index < -0.39 is 11.3 Å². The fourth-order valence-corrected chi connectivity index (χ4v) is 3.37. The van der Waals surface area contributed by atoms with Crippen LogP contribution in [0.1, 0.15) is 27.0 Å². The summed E-state index contributed by atoms with van der Waals surface area (Å²) in [4.78, 5) is 16.7. The van der Waals surface area contributed by atoms with Gasteiger partial charge in [0.25, 0.3) is 17.2 Å². The molecule has 0 aliphatic rings. The lowest BCUT2D eigenvalue weighted by atomic mass is 10.1. The zero-order valence-electron chi connectivity index (χ0n) is 15.6. The molecule has 2 N–H and O–H groups in total. The van der Waals surface area contributed by atoms with Crippen LogP contribution in [0.15, 0.2) is 67.0 Å². The molecule has 28 heavy (non-hydrogen) atoms. The van der Waals surface area contributed by atoms with Gasteiger partial charge in [-0.05, 0) is 55.3 Å². The molecule has 2 aromatic carbocycles. The number of benzene rings is 2. The molecule has 3 rings (SSSR count). The maximum Gasteiger partial charge on any atom is 0.266 e. The summed E-state index contributed by atoms with van der Waals surface area (Å²) < 4.78 is 23.1. The molecule has 1 aromatic heterocycles. The Morgan fingerprint density at radius 3 is 2.46 bits per heavy atom. The first-order valence-electron chi connectivity index (χ1n) is 8.71. The summed E-state index contributed by atoms with van der Waals surface area (Å²) in [5.74, 6) is -0.254. The van der Waals surface area contributed by atoms with E-state index in [0.717, 1.165) is 16.7 Å². The molecule has 1 heterocycles. The number of hydrogen-bond donors (Lipinski definition) is 2. The third-order valence-corrected chi connectivity index (χ3v) is 5.03. The van der Waals surface area contributed by atoms with Crippen molar-refractivity contribution in [2.24, 2.45) is 0 Å². The summed E-state index contributed by atoms with van der Waals surface area (Å²) in [6.07, 6.45) is 3.37. The van der Waals surface area contributed by atoms with Gasteiger partial charge in [-0.2, -0.15) is 0 Å². The zero-order chi connectivity index (χ0) is 20.1. The number of carbonyl (C=O) groups excluding carboxylic acids is 1. The van der Waals surface area contributed by atoms with E-state index in [9.17, 15) is 13.6 Å². The summed E-state index contributed by atoms with van der Waals surface area (Å²) in [7, 11) is 0. The van der Waals surface area contributed by atoms with Crippen molar-refractivity contribution in [3.05, 3.63) is 89.2 Å². The zero-order valence-corrected chi connectivity index (χ0v) is 16.4. The van der Waals surface area contributed by atoms with Crippen LogP contribution in [-0.4, -0.2) is 19.7 Å². The van der Waals surface area contributed by atoms with E-state index in [0.29, 0.717) is 23.5 Å². The van der Waals surface area contributed by atoms with Gasteiger partial charge < -0.3 is 5.32 Å². The second-order valence-electron chi connectivity index (χ2n) is 6.40. The van der Waals surface area contributed by atoms with Crippen LogP contribution >= 0.6 is 0 Å². The highest BCUT2D eigenvalue weighted by atomic mass is 32.2. The molecule has 0 bridgehead atoms. The van der Waals surface area contributed by atoms with Crippen molar-refractivity contribution in [2.75, 3.05) is 4.31 Å². The van der Waals surface area contributed by atoms with Crippen LogP contribution in [0.3, 0.4) is 0 Å². The standard InChI is InChI=1S/C21H21N3O3S/c1-15-5-8-18(9-6-15)24(28(26)27)19-10-7-16(2)20(12-19)21(25)23-14-17-4-3-11-22-13-17/h3-13H,14H2,1-2H3,(H,23,25)(H,26,27). The Labute approximate surface area is 166 Å². The lowest BCUT2D eigenvalue weighted by Gasteiger charge is -2.21. The fraction of sp³-hybridized carbons (Fsp3) is 0.143. The Kier molecular flexibility index (Phi) is 6.18. The Hall–Kier alpha value is -3.03. The molecule has 3 aromatic rings. The molecule has 0 aliphatic carbocycles. The second-order valence-corrected chi connectivity index (χ2v) is 7.23. The van der Waals surface area contributed by atoms with Crippen LogP contribution in [0.5, 0.6) is 0 Å². The number of hydrogen-bond acceptors (Lipinski definition) is 3. The van der Waals surface area contributed by atoms with Gasteiger partial charge >= 0.3 is 0 Å². The van der Waals surface area contributed by atoms with Gasteiger partial charge in [0.15, 0.2) is 0 Å². The SMILES string of the molecule is Cc1ccc(N(c2ccc(C)c(C(=O)NCc3cccnc3)c2)S(=O)O)cc1. The highest BCUT2D eigenvalue weighted by molar-refractivity contribution is 7.81. The van der Waals surface area contributed by atoms with E-state index in [1.165, 1.54) is 4.31 Å². The number of pyridine rings is 1. The molecule has 0 aliphatic heterocycles. The highest BCUT2D eigenvalue weighted by Gasteiger charge is 2.18. The Balaban J connectivity index is 1.87. The molecular formula is C21H21N3O3S. The van der Waals surface area contributed by atoms with Gasteiger partial charge in [0.2, 0.25) is 0 Å². The number of aromatic nitrogens is 1. The van der Waals surface area contributed by atoms with Gasteiger partial charge in [0.1, 0.15) is 0 Å². The Bertz CT molecular complexity index is 992. The number of amides is 1. The Morgan fingerprint density at radius 1 is 1.11 bits per heavy atom. The molecule has 1 atom stereocenters. The quantitative estimate of drug-likeness (QED) is 0.620. The average Bonchev–Trinajstić information content (AvgIpc) is 2.69. The van der Waals surface area contributed by atoms with E-state index in [4.69, 9.17) is 0 Å². The molecule has 1 amide bonds. The van der Waals surface area contributed by atoms with Gasteiger partial charge in [-0.3, -0.25) is 14.3 Å². The van der Waals surface area contributed by atoms with Gasteiger partial charge in [0, 0.05) is 24.5 Å². The van der Waals surface area contributed by atoms with E-state index in [-0.39, 0.29) is 5.91 Å². The maximum absolute atomic E-state index is 12.7. The minimum Gasteiger partial charge on any atom is -0.348 e. The first-order valence-corrected chi connectivity index (χ1v) is 9.77. The average molecular weight is 395 g/mol. The minimum absolute atomic E-state index is 0.254. The molecule has 0 saturated carbocycles. The first-order chi connectivity index (χ1) is 13.5. The highest BCUT2D eigenvalue weighted by Crippen LogP contribution is 2.29. The van der Waals surface area contributed by atoms with Crippen molar-refractivity contribution in [1.82, 2.24) is 10.3 Å². The third kappa shape index (κ3) is 4.62. The van der Waals surface area contributed by atoms with Crippen molar-refractivity contribution >= 4 is 28.5 Å². The topological polar surface area (TPSA) is 82.5 Å². The van der Waals surface area contributed by atoms with Gasteiger partial charge in [-0.15, -0.1) is 0 Å². The van der Waals surface area contributed by atoms with E-state index >= 15 is 0 Å². The molecule has 6 nitrogen and oxygen atoms in total. The van der Waals surface area contributed by atoms with Gasteiger partial charge in [-0.1, -0.05) is 29.8 Å². The predicted molar refractivity (Wildman–Crippen MR) is 111 cm³/mol.